The van der Waals surface area contributed by atoms with Crippen LogP contribution in [0.2, 0.25) is 0 Å². The minimum atomic E-state index is -3.60. The fourth-order valence-electron chi connectivity index (χ4n) is 1.76. The van der Waals surface area contributed by atoms with E-state index in [1.807, 2.05) is 0 Å². The van der Waals surface area contributed by atoms with Crippen molar-refractivity contribution >= 4 is 27.2 Å². The maximum atomic E-state index is 12.2. The van der Waals surface area contributed by atoms with Crippen molar-refractivity contribution in [3.63, 3.8) is 0 Å². The molecule has 0 aliphatic heterocycles. The van der Waals surface area contributed by atoms with Gasteiger partial charge in [0.15, 0.2) is 5.82 Å². The lowest BCUT2D eigenvalue weighted by atomic mass is 10.1. The van der Waals surface area contributed by atoms with Gasteiger partial charge in [-0.05, 0) is 24.6 Å². The first kappa shape index (κ1) is 15.5. The molecule has 2 rings (SSSR count). The average Bonchev–Trinajstić information content (AvgIpc) is 2.91. The highest BCUT2D eigenvalue weighted by molar-refractivity contribution is 7.89. The predicted octanol–water partition coefficient (Wildman–Crippen LogP) is 0.533. The van der Waals surface area contributed by atoms with Crippen LogP contribution in [0.4, 0.5) is 0 Å². The molecule has 0 radical (unpaired) electrons. The predicted molar refractivity (Wildman–Crippen MR) is 80.3 cm³/mol. The van der Waals surface area contributed by atoms with Crippen LogP contribution in [0.15, 0.2) is 34.0 Å². The number of benzene rings is 1. The second kappa shape index (κ2) is 6.29. The molecule has 1 aromatic heterocycles. The van der Waals surface area contributed by atoms with E-state index in [0.29, 0.717) is 23.4 Å². The van der Waals surface area contributed by atoms with Gasteiger partial charge in [0.1, 0.15) is 4.99 Å². The Morgan fingerprint density at radius 3 is 2.81 bits per heavy atom. The van der Waals surface area contributed by atoms with Gasteiger partial charge in [-0.3, -0.25) is 0 Å². The highest BCUT2D eigenvalue weighted by Crippen LogP contribution is 2.15. The third kappa shape index (κ3) is 3.84. The largest absolute Gasteiger partial charge is 0.389 e. The van der Waals surface area contributed by atoms with Gasteiger partial charge in [-0.25, -0.2) is 13.1 Å². The number of nitrogens with two attached hydrogens (primary N) is 1. The van der Waals surface area contributed by atoms with Crippen LogP contribution in [-0.2, 0) is 16.4 Å². The van der Waals surface area contributed by atoms with Gasteiger partial charge in [0.2, 0.25) is 16.4 Å². The van der Waals surface area contributed by atoms with Crippen molar-refractivity contribution in [2.75, 3.05) is 6.54 Å². The standard InChI is InChI=1S/C12H14N4O3S2/c1-8-6-9(2-3-10(8)12(13)20)21(17,18)15-5-4-11-14-7-19-16-11/h2-3,6-7,15H,4-5H2,1H3,(H2,13,20). The zero-order valence-electron chi connectivity index (χ0n) is 11.2. The number of hydrogen-bond donors (Lipinski definition) is 2. The van der Waals surface area contributed by atoms with Crippen molar-refractivity contribution in [2.24, 2.45) is 5.73 Å². The molecule has 0 fully saturated rings. The van der Waals surface area contributed by atoms with Gasteiger partial charge in [-0.15, -0.1) is 0 Å². The third-order valence-corrected chi connectivity index (χ3v) is 4.50. The first-order valence-electron chi connectivity index (χ1n) is 6.05. The van der Waals surface area contributed by atoms with Gasteiger partial charge in [0.05, 0.1) is 4.90 Å². The monoisotopic (exact) mass is 326 g/mol. The number of thiocarbonyl (C=S) groups is 1. The molecule has 9 heteroatoms. The van der Waals surface area contributed by atoms with Crippen LogP contribution in [0.25, 0.3) is 0 Å². The van der Waals surface area contributed by atoms with Crippen molar-refractivity contribution in [1.29, 1.82) is 0 Å². The highest BCUT2D eigenvalue weighted by atomic mass is 32.2. The molecular weight excluding hydrogens is 312 g/mol. The molecule has 1 heterocycles. The van der Waals surface area contributed by atoms with Crippen LogP contribution < -0.4 is 10.5 Å². The highest BCUT2D eigenvalue weighted by Gasteiger charge is 2.15. The normalized spacial score (nSPS) is 11.5. The number of sulfonamides is 1. The molecule has 2 aromatic rings. The maximum absolute atomic E-state index is 12.2. The lowest BCUT2D eigenvalue weighted by Gasteiger charge is -2.09. The molecule has 0 spiro atoms. The van der Waals surface area contributed by atoms with E-state index in [9.17, 15) is 8.42 Å². The minimum absolute atomic E-state index is 0.160. The second-order valence-electron chi connectivity index (χ2n) is 4.34. The van der Waals surface area contributed by atoms with Crippen LogP contribution in [0.1, 0.15) is 17.0 Å². The van der Waals surface area contributed by atoms with Crippen molar-refractivity contribution in [3.8, 4) is 0 Å². The van der Waals surface area contributed by atoms with Crippen molar-refractivity contribution in [1.82, 2.24) is 14.9 Å². The lowest BCUT2D eigenvalue weighted by Crippen LogP contribution is -2.26. The third-order valence-electron chi connectivity index (χ3n) is 2.82. The molecule has 0 saturated heterocycles. The Kier molecular flexibility index (Phi) is 4.66. The second-order valence-corrected chi connectivity index (χ2v) is 6.54. The zero-order valence-corrected chi connectivity index (χ0v) is 12.9. The number of nitrogens with one attached hydrogen (secondary N) is 1. The van der Waals surface area contributed by atoms with E-state index in [1.165, 1.54) is 18.5 Å². The van der Waals surface area contributed by atoms with Crippen LogP contribution in [0.3, 0.4) is 0 Å². The topological polar surface area (TPSA) is 111 Å². The molecule has 112 valence electrons. The Morgan fingerprint density at radius 1 is 1.48 bits per heavy atom. The van der Waals surface area contributed by atoms with E-state index < -0.39 is 10.0 Å². The van der Waals surface area contributed by atoms with Gasteiger partial charge in [0, 0.05) is 18.5 Å². The smallest absolute Gasteiger partial charge is 0.240 e. The Hall–Kier alpha value is -1.84. The molecule has 0 aliphatic rings. The fraction of sp³-hybridized carbons (Fsp3) is 0.250. The van der Waals surface area contributed by atoms with Crippen molar-refractivity contribution < 1.29 is 12.9 Å². The first-order valence-corrected chi connectivity index (χ1v) is 7.94. The van der Waals surface area contributed by atoms with E-state index in [1.54, 1.807) is 13.0 Å². The zero-order chi connectivity index (χ0) is 15.5. The summed E-state index contributed by atoms with van der Waals surface area (Å²) in [6.07, 6.45) is 1.54. The van der Waals surface area contributed by atoms with Crippen molar-refractivity contribution in [2.45, 2.75) is 18.2 Å². The summed E-state index contributed by atoms with van der Waals surface area (Å²) < 4.78 is 31.4. The number of rotatable bonds is 6. The van der Waals surface area contributed by atoms with E-state index >= 15 is 0 Å². The van der Waals surface area contributed by atoms with Crippen LogP contribution in [-0.4, -0.2) is 30.1 Å². The first-order chi connectivity index (χ1) is 9.90. The number of hydrogen-bond acceptors (Lipinski definition) is 6. The summed E-state index contributed by atoms with van der Waals surface area (Å²) in [5.74, 6) is 0.442. The molecule has 1 aromatic carbocycles. The molecule has 3 N–H and O–H groups in total. The molecule has 21 heavy (non-hydrogen) atoms. The van der Waals surface area contributed by atoms with Crippen LogP contribution in [0, 0.1) is 6.92 Å². The molecule has 0 aliphatic carbocycles. The summed E-state index contributed by atoms with van der Waals surface area (Å²) in [5.41, 5.74) is 6.93. The average molecular weight is 326 g/mol. The Bertz CT molecular complexity index is 742. The van der Waals surface area contributed by atoms with Gasteiger partial charge in [-0.1, -0.05) is 23.4 Å². The maximum Gasteiger partial charge on any atom is 0.240 e. The molecule has 7 nitrogen and oxygen atoms in total. The van der Waals surface area contributed by atoms with E-state index in [2.05, 4.69) is 19.4 Å². The van der Waals surface area contributed by atoms with E-state index in [0.717, 1.165) is 0 Å². The Balaban J connectivity index is 2.08. The summed E-state index contributed by atoms with van der Waals surface area (Å²) in [5, 5.41) is 3.60. The molecule has 0 saturated carbocycles. The molecule has 0 atom stereocenters. The summed E-state index contributed by atoms with van der Waals surface area (Å²) in [4.78, 5) is 4.21. The summed E-state index contributed by atoms with van der Waals surface area (Å²) in [7, 11) is -3.60. The van der Waals surface area contributed by atoms with Crippen LogP contribution in [0.5, 0.6) is 0 Å². The minimum Gasteiger partial charge on any atom is -0.389 e. The molecule has 0 bridgehead atoms. The summed E-state index contributed by atoms with van der Waals surface area (Å²) >= 11 is 4.89. The quantitative estimate of drug-likeness (QED) is 0.745. The van der Waals surface area contributed by atoms with Gasteiger partial charge < -0.3 is 10.3 Å². The lowest BCUT2D eigenvalue weighted by molar-refractivity contribution is 0.410. The molecular formula is C12H14N4O3S2. The summed E-state index contributed by atoms with van der Waals surface area (Å²) in [6, 6.07) is 4.61. The Morgan fingerprint density at radius 2 is 2.24 bits per heavy atom. The van der Waals surface area contributed by atoms with Gasteiger partial charge in [0.25, 0.3) is 0 Å². The molecule has 0 unspecified atom stereocenters. The SMILES string of the molecule is Cc1cc(S(=O)(=O)NCCc2ncon2)ccc1C(N)=S. The van der Waals surface area contributed by atoms with Gasteiger partial charge in [-0.2, -0.15) is 4.98 Å². The number of aromatic nitrogens is 2. The van der Waals surface area contributed by atoms with Gasteiger partial charge >= 0.3 is 0 Å². The summed E-state index contributed by atoms with van der Waals surface area (Å²) in [6.45, 7) is 1.94. The van der Waals surface area contributed by atoms with E-state index in [-0.39, 0.29) is 16.4 Å². The van der Waals surface area contributed by atoms with Crippen molar-refractivity contribution in [3.05, 3.63) is 41.5 Å². The number of aryl methyl sites for hydroxylation is 1. The van der Waals surface area contributed by atoms with E-state index in [4.69, 9.17) is 18.0 Å². The molecule has 0 amide bonds. The van der Waals surface area contributed by atoms with Crippen LogP contribution >= 0.6 is 12.2 Å². The number of nitrogens with zero attached hydrogens (tertiary/aromatic N) is 2. The Labute approximate surface area is 127 Å². The fourth-order valence-corrected chi connectivity index (χ4v) is 3.11.